The third-order valence-corrected chi connectivity index (χ3v) is 2.93. The Morgan fingerprint density at radius 2 is 2.28 bits per heavy atom. The first-order chi connectivity index (χ1) is 8.61. The van der Waals surface area contributed by atoms with Gasteiger partial charge in [-0.1, -0.05) is 12.1 Å². The van der Waals surface area contributed by atoms with E-state index in [9.17, 15) is 4.79 Å². The molecule has 94 valence electrons. The van der Waals surface area contributed by atoms with Crippen LogP contribution >= 0.6 is 15.9 Å². The van der Waals surface area contributed by atoms with E-state index in [4.69, 9.17) is 4.52 Å². The average Bonchev–Trinajstić information content (AvgIpc) is 2.73. The summed E-state index contributed by atoms with van der Waals surface area (Å²) in [5, 5.41) is 6.56. The molecule has 0 bridgehead atoms. The van der Waals surface area contributed by atoms with E-state index in [0.717, 1.165) is 4.47 Å². The molecular weight excluding hydrogens is 298 g/mol. The van der Waals surface area contributed by atoms with Gasteiger partial charge < -0.3 is 9.84 Å². The molecule has 0 spiro atoms. The van der Waals surface area contributed by atoms with Gasteiger partial charge in [0.15, 0.2) is 0 Å². The number of aryl methyl sites for hydroxylation is 2. The van der Waals surface area contributed by atoms with Gasteiger partial charge in [0.2, 0.25) is 0 Å². The minimum absolute atomic E-state index is 0.250. The van der Waals surface area contributed by atoms with E-state index in [1.54, 1.807) is 19.2 Å². The van der Waals surface area contributed by atoms with E-state index in [2.05, 4.69) is 31.4 Å². The average molecular weight is 310 g/mol. The molecule has 2 aromatic heterocycles. The second kappa shape index (κ2) is 5.30. The number of hydrogen-bond donors (Lipinski definition) is 1. The van der Waals surface area contributed by atoms with E-state index in [1.165, 1.54) is 0 Å². The summed E-state index contributed by atoms with van der Waals surface area (Å²) in [7, 11) is 0. The van der Waals surface area contributed by atoms with Crippen LogP contribution in [0.1, 0.15) is 28.7 Å². The van der Waals surface area contributed by atoms with Crippen LogP contribution in [-0.4, -0.2) is 16.0 Å². The largest absolute Gasteiger partial charge is 0.361 e. The molecule has 1 amide bonds. The second-order valence-electron chi connectivity index (χ2n) is 3.73. The minimum atomic E-state index is -0.250. The van der Waals surface area contributed by atoms with Gasteiger partial charge in [-0.05, 0) is 41.4 Å². The van der Waals surface area contributed by atoms with Gasteiger partial charge in [-0.25, -0.2) is 4.98 Å². The lowest BCUT2D eigenvalue weighted by atomic mass is 10.1. The number of anilines is 1. The Balaban J connectivity index is 2.21. The van der Waals surface area contributed by atoms with Crippen molar-refractivity contribution >= 4 is 27.7 Å². The van der Waals surface area contributed by atoms with Gasteiger partial charge in [0.1, 0.15) is 17.1 Å². The molecule has 0 aromatic carbocycles. The molecule has 0 saturated carbocycles. The monoisotopic (exact) mass is 309 g/mol. The molecule has 2 aromatic rings. The molecule has 0 saturated heterocycles. The van der Waals surface area contributed by atoms with Crippen molar-refractivity contribution in [3.8, 4) is 0 Å². The molecule has 0 fully saturated rings. The van der Waals surface area contributed by atoms with Crippen LogP contribution in [0.5, 0.6) is 0 Å². The Morgan fingerprint density at radius 1 is 1.50 bits per heavy atom. The van der Waals surface area contributed by atoms with E-state index in [-0.39, 0.29) is 5.91 Å². The van der Waals surface area contributed by atoms with Gasteiger partial charge in [-0.2, -0.15) is 0 Å². The maximum Gasteiger partial charge on any atom is 0.262 e. The maximum absolute atomic E-state index is 12.1. The number of halogens is 1. The summed E-state index contributed by atoms with van der Waals surface area (Å²) >= 11 is 3.28. The second-order valence-corrected chi connectivity index (χ2v) is 4.65. The molecule has 1 N–H and O–H groups in total. The SMILES string of the molecule is CCc1noc(C)c1C(=O)Nc1ccc(Br)cn1. The molecule has 2 rings (SSSR count). The number of amides is 1. The van der Waals surface area contributed by atoms with E-state index < -0.39 is 0 Å². The summed E-state index contributed by atoms with van der Waals surface area (Å²) in [6, 6.07) is 3.53. The summed E-state index contributed by atoms with van der Waals surface area (Å²) in [5.74, 6) is 0.757. The zero-order chi connectivity index (χ0) is 13.1. The van der Waals surface area contributed by atoms with Crippen LogP contribution in [0.3, 0.4) is 0 Å². The first kappa shape index (κ1) is 12.8. The predicted octanol–water partition coefficient (Wildman–Crippen LogP) is 2.96. The molecular formula is C12H12BrN3O2. The first-order valence-corrected chi connectivity index (χ1v) is 6.29. The Bertz CT molecular complexity index is 563. The Hall–Kier alpha value is -1.69. The van der Waals surface area contributed by atoms with Gasteiger partial charge in [0.25, 0.3) is 5.91 Å². The Kier molecular flexibility index (Phi) is 3.76. The number of pyridine rings is 1. The lowest BCUT2D eigenvalue weighted by Crippen LogP contribution is -2.15. The summed E-state index contributed by atoms with van der Waals surface area (Å²) < 4.78 is 5.88. The Labute approximate surface area is 113 Å². The van der Waals surface area contributed by atoms with Crippen LogP contribution in [0.2, 0.25) is 0 Å². The van der Waals surface area contributed by atoms with Crippen molar-refractivity contribution in [3.63, 3.8) is 0 Å². The van der Waals surface area contributed by atoms with Crippen LogP contribution in [0.25, 0.3) is 0 Å². The fraction of sp³-hybridized carbons (Fsp3) is 0.250. The van der Waals surface area contributed by atoms with Crippen LogP contribution in [0, 0.1) is 6.92 Å². The van der Waals surface area contributed by atoms with E-state index >= 15 is 0 Å². The number of hydrogen-bond acceptors (Lipinski definition) is 4. The highest BCUT2D eigenvalue weighted by molar-refractivity contribution is 9.10. The van der Waals surface area contributed by atoms with Gasteiger partial charge in [-0.3, -0.25) is 4.79 Å². The summed E-state index contributed by atoms with van der Waals surface area (Å²) in [6.07, 6.45) is 2.27. The molecule has 5 nitrogen and oxygen atoms in total. The molecule has 0 aliphatic rings. The highest BCUT2D eigenvalue weighted by Gasteiger charge is 2.19. The Morgan fingerprint density at radius 3 is 2.89 bits per heavy atom. The molecule has 0 radical (unpaired) electrons. The van der Waals surface area contributed by atoms with Crippen molar-refractivity contribution in [2.24, 2.45) is 0 Å². The van der Waals surface area contributed by atoms with E-state index in [1.807, 2.05) is 13.0 Å². The summed E-state index contributed by atoms with van der Waals surface area (Å²) in [4.78, 5) is 16.2. The topological polar surface area (TPSA) is 68.0 Å². The van der Waals surface area contributed by atoms with Crippen molar-refractivity contribution in [2.45, 2.75) is 20.3 Å². The first-order valence-electron chi connectivity index (χ1n) is 5.50. The van der Waals surface area contributed by atoms with Crippen molar-refractivity contribution in [3.05, 3.63) is 39.8 Å². The third-order valence-electron chi connectivity index (χ3n) is 2.46. The fourth-order valence-corrected chi connectivity index (χ4v) is 1.81. The van der Waals surface area contributed by atoms with Crippen LogP contribution in [0.4, 0.5) is 5.82 Å². The fourth-order valence-electron chi connectivity index (χ4n) is 1.58. The molecule has 18 heavy (non-hydrogen) atoms. The number of carbonyl (C=O) groups excluding carboxylic acids is 1. The van der Waals surface area contributed by atoms with Crippen molar-refractivity contribution in [1.29, 1.82) is 0 Å². The summed E-state index contributed by atoms with van der Waals surface area (Å²) in [5.41, 5.74) is 1.14. The lowest BCUT2D eigenvalue weighted by molar-refractivity contribution is 0.102. The van der Waals surface area contributed by atoms with Crippen LogP contribution in [0.15, 0.2) is 27.3 Å². The molecule has 0 unspecified atom stereocenters. The number of aromatic nitrogens is 2. The highest BCUT2D eigenvalue weighted by Crippen LogP contribution is 2.16. The molecule has 0 aliphatic carbocycles. The van der Waals surface area contributed by atoms with E-state index in [0.29, 0.717) is 29.3 Å². The predicted molar refractivity (Wildman–Crippen MR) is 70.5 cm³/mol. The van der Waals surface area contributed by atoms with Crippen LogP contribution in [-0.2, 0) is 6.42 Å². The van der Waals surface area contributed by atoms with Crippen LogP contribution < -0.4 is 5.32 Å². The lowest BCUT2D eigenvalue weighted by Gasteiger charge is -2.04. The highest BCUT2D eigenvalue weighted by atomic mass is 79.9. The molecule has 2 heterocycles. The smallest absolute Gasteiger partial charge is 0.262 e. The number of carbonyl (C=O) groups is 1. The zero-order valence-corrected chi connectivity index (χ0v) is 11.6. The number of rotatable bonds is 3. The van der Waals surface area contributed by atoms with Crippen molar-refractivity contribution in [1.82, 2.24) is 10.1 Å². The van der Waals surface area contributed by atoms with Crippen molar-refractivity contribution in [2.75, 3.05) is 5.32 Å². The van der Waals surface area contributed by atoms with Gasteiger partial charge in [-0.15, -0.1) is 0 Å². The zero-order valence-electron chi connectivity index (χ0n) is 10.0. The maximum atomic E-state index is 12.1. The van der Waals surface area contributed by atoms with Gasteiger partial charge in [0, 0.05) is 10.7 Å². The normalized spacial score (nSPS) is 10.4. The molecule has 6 heteroatoms. The third kappa shape index (κ3) is 2.59. The van der Waals surface area contributed by atoms with Gasteiger partial charge in [0.05, 0.1) is 5.69 Å². The summed E-state index contributed by atoms with van der Waals surface area (Å²) in [6.45, 7) is 3.64. The number of nitrogens with zero attached hydrogens (tertiary/aromatic N) is 2. The standard InChI is InChI=1S/C12H12BrN3O2/c1-3-9-11(7(2)18-16-9)12(17)15-10-5-4-8(13)6-14-10/h4-6H,3H2,1-2H3,(H,14,15,17). The molecule has 0 atom stereocenters. The minimum Gasteiger partial charge on any atom is -0.361 e. The van der Waals surface area contributed by atoms with Crippen molar-refractivity contribution < 1.29 is 9.32 Å². The number of nitrogens with one attached hydrogen (secondary N) is 1. The van der Waals surface area contributed by atoms with Gasteiger partial charge >= 0.3 is 0 Å². The molecule has 0 aliphatic heterocycles. The quantitative estimate of drug-likeness (QED) is 0.946.